The summed E-state index contributed by atoms with van der Waals surface area (Å²) in [7, 11) is 0. The fraction of sp³-hybridized carbons (Fsp3) is 0.545. The quantitative estimate of drug-likeness (QED) is 0.238. The van der Waals surface area contributed by atoms with Crippen molar-refractivity contribution in [3.8, 4) is 11.1 Å². The Morgan fingerprint density at radius 1 is 0.976 bits per heavy atom. The Bertz CT molecular complexity index is 1130. The SMILES string of the molecule is CC(C)(C)[C@H](NC(=O)C(CC1CCCC1)CN(O)C=O)C(=O)N1CCN(Cc2ccc(-c3ccccc3)cc2)CC1. The maximum Gasteiger partial charge on any atom is 0.245 e. The number of rotatable bonds is 11. The van der Waals surface area contributed by atoms with Crippen LogP contribution in [0.2, 0.25) is 0 Å². The van der Waals surface area contributed by atoms with Gasteiger partial charge in [0.1, 0.15) is 6.04 Å². The number of hydrogen-bond acceptors (Lipinski definition) is 5. The maximum atomic E-state index is 13.7. The molecule has 1 saturated heterocycles. The molecule has 2 aromatic carbocycles. The number of nitrogens with one attached hydrogen (secondary N) is 1. The lowest BCUT2D eigenvalue weighted by Gasteiger charge is -2.40. The Labute approximate surface area is 244 Å². The van der Waals surface area contributed by atoms with Crippen molar-refractivity contribution in [2.24, 2.45) is 17.3 Å². The molecule has 1 aliphatic carbocycles. The smallest absolute Gasteiger partial charge is 0.245 e. The van der Waals surface area contributed by atoms with Gasteiger partial charge in [-0.3, -0.25) is 24.5 Å². The Balaban J connectivity index is 1.34. The molecule has 1 unspecified atom stereocenters. The molecule has 8 nitrogen and oxygen atoms in total. The van der Waals surface area contributed by atoms with Gasteiger partial charge in [0.15, 0.2) is 0 Å². The van der Waals surface area contributed by atoms with Crippen LogP contribution >= 0.6 is 0 Å². The zero-order valence-corrected chi connectivity index (χ0v) is 24.8. The summed E-state index contributed by atoms with van der Waals surface area (Å²) in [6.07, 6.45) is 5.33. The summed E-state index contributed by atoms with van der Waals surface area (Å²) in [6.45, 7) is 9.37. The van der Waals surface area contributed by atoms with Gasteiger partial charge in [-0.15, -0.1) is 0 Å². The first kappa shape index (κ1) is 30.7. The molecular weight excluding hydrogens is 516 g/mol. The van der Waals surface area contributed by atoms with Gasteiger partial charge in [-0.05, 0) is 34.4 Å². The van der Waals surface area contributed by atoms with Crippen LogP contribution in [0.5, 0.6) is 0 Å². The van der Waals surface area contributed by atoms with E-state index in [2.05, 4.69) is 46.6 Å². The van der Waals surface area contributed by atoms with Crippen LogP contribution in [0.3, 0.4) is 0 Å². The van der Waals surface area contributed by atoms with Crippen LogP contribution in [0.1, 0.15) is 58.4 Å². The van der Waals surface area contributed by atoms with Gasteiger partial charge in [-0.25, -0.2) is 5.06 Å². The Kier molecular flexibility index (Phi) is 10.6. The molecule has 41 heavy (non-hydrogen) atoms. The van der Waals surface area contributed by atoms with Crippen molar-refractivity contribution in [3.05, 3.63) is 60.2 Å². The molecule has 2 aromatic rings. The topological polar surface area (TPSA) is 93.2 Å². The van der Waals surface area contributed by atoms with Crippen molar-refractivity contribution >= 4 is 18.2 Å². The molecule has 2 atom stereocenters. The van der Waals surface area contributed by atoms with E-state index in [1.807, 2.05) is 43.9 Å². The van der Waals surface area contributed by atoms with E-state index in [9.17, 15) is 19.6 Å². The van der Waals surface area contributed by atoms with Crippen molar-refractivity contribution in [3.63, 3.8) is 0 Å². The van der Waals surface area contributed by atoms with Gasteiger partial charge in [0.2, 0.25) is 18.2 Å². The minimum absolute atomic E-state index is 0.0676. The molecule has 2 N–H and O–H groups in total. The summed E-state index contributed by atoms with van der Waals surface area (Å²) < 4.78 is 0. The second-order valence-corrected chi connectivity index (χ2v) is 12.8. The lowest BCUT2D eigenvalue weighted by Crippen LogP contribution is -2.59. The van der Waals surface area contributed by atoms with E-state index in [4.69, 9.17) is 0 Å². The number of carbonyl (C=O) groups excluding carboxylic acids is 3. The Morgan fingerprint density at radius 2 is 1.59 bits per heavy atom. The third kappa shape index (κ3) is 8.63. The first-order chi connectivity index (χ1) is 19.6. The molecule has 8 heteroatoms. The normalized spacial score (nSPS) is 18.1. The van der Waals surface area contributed by atoms with Crippen molar-refractivity contribution in [2.45, 2.75) is 65.5 Å². The zero-order chi connectivity index (χ0) is 29.4. The van der Waals surface area contributed by atoms with E-state index in [1.165, 1.54) is 16.7 Å². The summed E-state index contributed by atoms with van der Waals surface area (Å²) in [4.78, 5) is 42.5. The van der Waals surface area contributed by atoms with Crippen molar-refractivity contribution < 1.29 is 19.6 Å². The average molecular weight is 563 g/mol. The number of piperazine rings is 1. The average Bonchev–Trinajstić information content (AvgIpc) is 3.49. The summed E-state index contributed by atoms with van der Waals surface area (Å²) in [5.41, 5.74) is 3.15. The van der Waals surface area contributed by atoms with E-state index in [0.29, 0.717) is 36.9 Å². The zero-order valence-electron chi connectivity index (χ0n) is 24.8. The van der Waals surface area contributed by atoms with Crippen LogP contribution in [0, 0.1) is 17.3 Å². The van der Waals surface area contributed by atoms with Crippen molar-refractivity contribution in [1.29, 1.82) is 0 Å². The molecule has 1 heterocycles. The highest BCUT2D eigenvalue weighted by atomic mass is 16.5. The minimum Gasteiger partial charge on any atom is -0.344 e. The van der Waals surface area contributed by atoms with Crippen LogP contribution in [0.25, 0.3) is 11.1 Å². The standard InChI is InChI=1S/C33H46N4O4/c1-33(2,3)30(34-31(39)29(23-37(41)24-38)21-25-9-7-8-10-25)32(40)36-19-17-35(18-20-36)22-26-13-15-28(16-14-26)27-11-5-4-6-12-27/h4-6,11-16,24-25,29-30,41H,7-10,17-23H2,1-3H3,(H,34,39)/t29?,30-/m1/s1. The van der Waals surface area contributed by atoms with Crippen LogP contribution in [0.15, 0.2) is 54.6 Å². The molecule has 1 saturated carbocycles. The molecule has 1 aliphatic heterocycles. The molecular formula is C33H46N4O4. The highest BCUT2D eigenvalue weighted by Crippen LogP contribution is 2.31. The third-order valence-electron chi connectivity index (χ3n) is 8.54. The third-order valence-corrected chi connectivity index (χ3v) is 8.54. The molecule has 0 radical (unpaired) electrons. The monoisotopic (exact) mass is 562 g/mol. The van der Waals surface area contributed by atoms with Gasteiger partial charge in [0.25, 0.3) is 0 Å². The fourth-order valence-corrected chi connectivity index (χ4v) is 6.09. The van der Waals surface area contributed by atoms with Gasteiger partial charge >= 0.3 is 0 Å². The highest BCUT2D eigenvalue weighted by Gasteiger charge is 2.38. The van der Waals surface area contributed by atoms with Gasteiger partial charge < -0.3 is 10.2 Å². The predicted molar refractivity (Wildman–Crippen MR) is 160 cm³/mol. The molecule has 3 amide bonds. The van der Waals surface area contributed by atoms with Gasteiger partial charge in [-0.2, -0.15) is 0 Å². The molecule has 2 aliphatic rings. The van der Waals surface area contributed by atoms with Crippen molar-refractivity contribution in [2.75, 3.05) is 32.7 Å². The van der Waals surface area contributed by atoms with Gasteiger partial charge in [-0.1, -0.05) is 101 Å². The number of amides is 3. The Hall–Kier alpha value is -3.23. The summed E-state index contributed by atoms with van der Waals surface area (Å²) in [5.74, 6) is -0.509. The lowest BCUT2D eigenvalue weighted by molar-refractivity contribution is -0.156. The van der Waals surface area contributed by atoms with E-state index in [1.54, 1.807) is 0 Å². The fourth-order valence-electron chi connectivity index (χ4n) is 6.09. The number of carbonyl (C=O) groups is 3. The second-order valence-electron chi connectivity index (χ2n) is 12.8. The number of nitrogens with zero attached hydrogens (tertiary/aromatic N) is 3. The predicted octanol–water partition coefficient (Wildman–Crippen LogP) is 4.57. The number of benzene rings is 2. The highest BCUT2D eigenvalue weighted by molar-refractivity contribution is 5.89. The summed E-state index contributed by atoms with van der Waals surface area (Å²) >= 11 is 0. The first-order valence-corrected chi connectivity index (χ1v) is 15.0. The van der Waals surface area contributed by atoms with Crippen LogP contribution in [0.4, 0.5) is 0 Å². The minimum atomic E-state index is -0.693. The summed E-state index contributed by atoms with van der Waals surface area (Å²) in [6, 6.07) is 18.3. The first-order valence-electron chi connectivity index (χ1n) is 15.0. The van der Waals surface area contributed by atoms with E-state index < -0.39 is 17.4 Å². The molecule has 0 spiro atoms. The van der Waals surface area contributed by atoms with Crippen molar-refractivity contribution in [1.82, 2.24) is 20.2 Å². The van der Waals surface area contributed by atoms with E-state index in [0.717, 1.165) is 45.3 Å². The number of hydroxylamine groups is 2. The van der Waals surface area contributed by atoms with Gasteiger partial charge in [0.05, 0.1) is 12.5 Å². The van der Waals surface area contributed by atoms with Crippen LogP contribution in [-0.4, -0.2) is 77.1 Å². The van der Waals surface area contributed by atoms with Crippen LogP contribution in [-0.2, 0) is 20.9 Å². The van der Waals surface area contributed by atoms with E-state index in [-0.39, 0.29) is 18.4 Å². The molecule has 4 rings (SSSR count). The largest absolute Gasteiger partial charge is 0.344 e. The molecule has 222 valence electrons. The van der Waals surface area contributed by atoms with E-state index >= 15 is 0 Å². The number of hydrogen-bond donors (Lipinski definition) is 2. The van der Waals surface area contributed by atoms with Crippen LogP contribution < -0.4 is 5.32 Å². The molecule has 0 bridgehead atoms. The second kappa shape index (κ2) is 14.1. The molecule has 2 fully saturated rings. The Morgan fingerprint density at radius 3 is 2.17 bits per heavy atom. The lowest BCUT2D eigenvalue weighted by atomic mass is 9.84. The maximum absolute atomic E-state index is 13.7. The summed E-state index contributed by atoms with van der Waals surface area (Å²) in [5, 5.41) is 13.4. The van der Waals surface area contributed by atoms with Gasteiger partial charge in [0, 0.05) is 32.7 Å². The molecule has 0 aromatic heterocycles.